The van der Waals surface area contributed by atoms with Crippen LogP contribution in [-0.2, 0) is 12.0 Å². The molecule has 0 bridgehead atoms. The summed E-state index contributed by atoms with van der Waals surface area (Å²) < 4.78 is 5.63. The zero-order valence-corrected chi connectivity index (χ0v) is 9.00. The van der Waals surface area contributed by atoms with Gasteiger partial charge in [0.25, 0.3) is 0 Å². The van der Waals surface area contributed by atoms with Crippen LogP contribution in [-0.4, -0.2) is 6.10 Å². The summed E-state index contributed by atoms with van der Waals surface area (Å²) >= 11 is 0. The predicted octanol–water partition coefficient (Wildman–Crippen LogP) is 2.20. The van der Waals surface area contributed by atoms with E-state index in [-0.39, 0.29) is 5.54 Å². The van der Waals surface area contributed by atoms with Gasteiger partial charge in [0.15, 0.2) is 0 Å². The zero-order chi connectivity index (χ0) is 10.3. The van der Waals surface area contributed by atoms with Crippen molar-refractivity contribution in [1.29, 1.82) is 0 Å². The van der Waals surface area contributed by atoms with Crippen LogP contribution in [0.4, 0.5) is 0 Å². The third kappa shape index (κ3) is 1.62. The van der Waals surface area contributed by atoms with Crippen molar-refractivity contribution in [2.45, 2.75) is 38.8 Å². The van der Waals surface area contributed by atoms with Crippen LogP contribution in [0, 0.1) is 0 Å². The van der Waals surface area contributed by atoms with Crippen LogP contribution in [0.15, 0.2) is 18.2 Å². The number of hydrogen-bond acceptors (Lipinski definition) is 2. The van der Waals surface area contributed by atoms with Gasteiger partial charge in [-0.1, -0.05) is 12.1 Å². The number of ether oxygens (including phenoxy) is 1. The van der Waals surface area contributed by atoms with Gasteiger partial charge < -0.3 is 10.5 Å². The Kier molecular flexibility index (Phi) is 2.04. The van der Waals surface area contributed by atoms with Gasteiger partial charge in [0, 0.05) is 12.0 Å². The molecule has 1 aromatic carbocycles. The van der Waals surface area contributed by atoms with Gasteiger partial charge in [-0.15, -0.1) is 0 Å². The molecule has 0 saturated carbocycles. The van der Waals surface area contributed by atoms with Crippen molar-refractivity contribution >= 4 is 0 Å². The fourth-order valence-electron chi connectivity index (χ4n) is 1.82. The first-order valence-electron chi connectivity index (χ1n) is 5.06. The molecule has 1 aliphatic rings. The molecule has 1 aromatic rings. The Morgan fingerprint density at radius 3 is 2.79 bits per heavy atom. The molecule has 0 amide bonds. The molecule has 1 heterocycles. The summed E-state index contributed by atoms with van der Waals surface area (Å²) in [5.41, 5.74) is 8.24. The summed E-state index contributed by atoms with van der Waals surface area (Å²) in [6, 6.07) is 6.25. The van der Waals surface area contributed by atoms with Gasteiger partial charge >= 0.3 is 0 Å². The van der Waals surface area contributed by atoms with E-state index in [1.165, 1.54) is 11.1 Å². The van der Waals surface area contributed by atoms with Crippen molar-refractivity contribution in [3.8, 4) is 5.75 Å². The minimum absolute atomic E-state index is 0.263. The van der Waals surface area contributed by atoms with E-state index in [4.69, 9.17) is 10.5 Å². The first kappa shape index (κ1) is 9.53. The van der Waals surface area contributed by atoms with Gasteiger partial charge in [-0.25, -0.2) is 0 Å². The van der Waals surface area contributed by atoms with Crippen molar-refractivity contribution in [1.82, 2.24) is 0 Å². The summed E-state index contributed by atoms with van der Waals surface area (Å²) in [5.74, 6) is 1.02. The first-order chi connectivity index (χ1) is 6.47. The minimum Gasteiger partial charge on any atom is -0.490 e. The van der Waals surface area contributed by atoms with Gasteiger partial charge in [0.1, 0.15) is 11.9 Å². The van der Waals surface area contributed by atoms with Crippen molar-refractivity contribution < 1.29 is 4.74 Å². The molecule has 1 aliphatic heterocycles. The van der Waals surface area contributed by atoms with Crippen molar-refractivity contribution in [2.24, 2.45) is 5.73 Å². The monoisotopic (exact) mass is 191 g/mol. The SMILES string of the molecule is CC1Cc2cc(C(C)(C)N)ccc2O1. The fraction of sp³-hybridized carbons (Fsp3) is 0.500. The van der Waals surface area contributed by atoms with Gasteiger partial charge in [-0.05, 0) is 38.0 Å². The van der Waals surface area contributed by atoms with E-state index >= 15 is 0 Å². The average molecular weight is 191 g/mol. The number of fused-ring (bicyclic) bond motifs is 1. The van der Waals surface area contributed by atoms with Crippen molar-refractivity contribution in [3.63, 3.8) is 0 Å². The van der Waals surface area contributed by atoms with Crippen LogP contribution in [0.25, 0.3) is 0 Å². The highest BCUT2D eigenvalue weighted by Crippen LogP contribution is 2.31. The molecule has 0 aliphatic carbocycles. The molecule has 0 aromatic heterocycles. The largest absolute Gasteiger partial charge is 0.490 e. The van der Waals surface area contributed by atoms with E-state index in [1.54, 1.807) is 0 Å². The highest BCUT2D eigenvalue weighted by atomic mass is 16.5. The Bertz CT molecular complexity index is 352. The lowest BCUT2D eigenvalue weighted by molar-refractivity contribution is 0.254. The molecule has 1 atom stereocenters. The van der Waals surface area contributed by atoms with E-state index in [2.05, 4.69) is 19.1 Å². The molecule has 0 saturated heterocycles. The third-order valence-electron chi connectivity index (χ3n) is 2.64. The van der Waals surface area contributed by atoms with Gasteiger partial charge in [-0.3, -0.25) is 0 Å². The maximum atomic E-state index is 6.04. The van der Waals surface area contributed by atoms with Gasteiger partial charge in [-0.2, -0.15) is 0 Å². The molecule has 2 rings (SSSR count). The summed E-state index contributed by atoms with van der Waals surface area (Å²) in [6.07, 6.45) is 1.31. The second kappa shape index (κ2) is 2.99. The highest BCUT2D eigenvalue weighted by Gasteiger charge is 2.22. The zero-order valence-electron chi connectivity index (χ0n) is 9.00. The number of benzene rings is 1. The Morgan fingerprint density at radius 1 is 1.43 bits per heavy atom. The Hall–Kier alpha value is -1.02. The second-order valence-corrected chi connectivity index (χ2v) is 4.68. The molecule has 14 heavy (non-hydrogen) atoms. The van der Waals surface area contributed by atoms with Crippen LogP contribution in [0.2, 0.25) is 0 Å². The lowest BCUT2D eigenvalue weighted by atomic mass is 9.93. The van der Waals surface area contributed by atoms with E-state index < -0.39 is 0 Å². The average Bonchev–Trinajstić information content (AvgIpc) is 2.41. The van der Waals surface area contributed by atoms with Crippen LogP contribution in [0.1, 0.15) is 31.9 Å². The summed E-state index contributed by atoms with van der Waals surface area (Å²) in [5, 5.41) is 0. The number of nitrogens with two attached hydrogens (primary N) is 1. The van der Waals surface area contributed by atoms with Crippen molar-refractivity contribution in [2.75, 3.05) is 0 Å². The molecule has 0 spiro atoms. The maximum absolute atomic E-state index is 6.04. The Labute approximate surface area is 85.1 Å². The van der Waals surface area contributed by atoms with Crippen LogP contribution < -0.4 is 10.5 Å². The minimum atomic E-state index is -0.263. The molecule has 1 unspecified atom stereocenters. The van der Waals surface area contributed by atoms with Crippen LogP contribution >= 0.6 is 0 Å². The molecule has 2 N–H and O–H groups in total. The smallest absolute Gasteiger partial charge is 0.123 e. The number of hydrogen-bond donors (Lipinski definition) is 1. The summed E-state index contributed by atoms with van der Waals surface area (Å²) in [4.78, 5) is 0. The molecular formula is C12H17NO. The highest BCUT2D eigenvalue weighted by molar-refractivity contribution is 5.42. The van der Waals surface area contributed by atoms with E-state index in [0.29, 0.717) is 6.10 Å². The Balaban J connectivity index is 2.38. The first-order valence-corrected chi connectivity index (χ1v) is 5.06. The van der Waals surface area contributed by atoms with Crippen LogP contribution in [0.3, 0.4) is 0 Å². The third-order valence-corrected chi connectivity index (χ3v) is 2.64. The standard InChI is InChI=1S/C12H17NO/c1-8-6-9-7-10(12(2,3)13)4-5-11(9)14-8/h4-5,7-8H,6,13H2,1-3H3. The van der Waals surface area contributed by atoms with E-state index in [0.717, 1.165) is 12.2 Å². The van der Waals surface area contributed by atoms with Gasteiger partial charge in [0.2, 0.25) is 0 Å². The molecule has 0 fully saturated rings. The summed E-state index contributed by atoms with van der Waals surface area (Å²) in [7, 11) is 0. The molecule has 2 nitrogen and oxygen atoms in total. The number of rotatable bonds is 1. The Morgan fingerprint density at radius 2 is 2.14 bits per heavy atom. The molecular weight excluding hydrogens is 174 g/mol. The van der Waals surface area contributed by atoms with E-state index in [9.17, 15) is 0 Å². The lowest BCUT2D eigenvalue weighted by Gasteiger charge is -2.19. The molecule has 76 valence electrons. The van der Waals surface area contributed by atoms with Gasteiger partial charge in [0.05, 0.1) is 0 Å². The molecule has 2 heteroatoms. The van der Waals surface area contributed by atoms with Crippen molar-refractivity contribution in [3.05, 3.63) is 29.3 Å². The maximum Gasteiger partial charge on any atom is 0.123 e. The lowest BCUT2D eigenvalue weighted by Crippen LogP contribution is -2.28. The predicted molar refractivity (Wildman–Crippen MR) is 57.4 cm³/mol. The van der Waals surface area contributed by atoms with E-state index in [1.807, 2.05) is 19.9 Å². The quantitative estimate of drug-likeness (QED) is 0.738. The molecule has 0 radical (unpaired) electrons. The topological polar surface area (TPSA) is 35.2 Å². The van der Waals surface area contributed by atoms with Crippen LogP contribution in [0.5, 0.6) is 5.75 Å². The normalized spacial score (nSPS) is 20.4. The second-order valence-electron chi connectivity index (χ2n) is 4.68. The fourth-order valence-corrected chi connectivity index (χ4v) is 1.82. The summed E-state index contributed by atoms with van der Waals surface area (Å²) in [6.45, 7) is 6.13.